The molecule has 1 aromatic carbocycles. The number of aromatic nitrogens is 6. The molecule has 0 saturated carbocycles. The van der Waals surface area contributed by atoms with Gasteiger partial charge in [0.15, 0.2) is 35.2 Å². The topological polar surface area (TPSA) is 101 Å². The van der Waals surface area contributed by atoms with Crippen molar-refractivity contribution < 1.29 is 14.3 Å². The summed E-state index contributed by atoms with van der Waals surface area (Å²) in [6.45, 7) is 0.132. The maximum Gasteiger partial charge on any atom is 0.192 e. The summed E-state index contributed by atoms with van der Waals surface area (Å²) in [4.78, 5) is 14.1. The van der Waals surface area contributed by atoms with E-state index in [1.807, 2.05) is 13.1 Å². The van der Waals surface area contributed by atoms with Gasteiger partial charge in [-0.1, -0.05) is 5.16 Å². The zero-order valence-electron chi connectivity index (χ0n) is 15.0. The monoisotopic (exact) mass is 367 g/mol. The third-order valence-corrected chi connectivity index (χ3v) is 3.99. The molecule has 3 aromatic heterocycles. The Morgan fingerprint density at radius 2 is 2.00 bits per heavy atom. The molecule has 0 fully saturated rings. The van der Waals surface area contributed by atoms with Crippen molar-refractivity contribution in [1.82, 2.24) is 29.4 Å². The van der Waals surface area contributed by atoms with Crippen molar-refractivity contribution in [2.45, 2.75) is 6.61 Å². The van der Waals surface area contributed by atoms with Crippen LogP contribution in [0.5, 0.6) is 11.5 Å². The molecule has 0 aliphatic rings. The molecule has 10 nitrogen and oxygen atoms in total. The maximum atomic E-state index is 5.32. The van der Waals surface area contributed by atoms with E-state index < -0.39 is 0 Å². The number of aryl methyl sites for hydroxylation is 1. The number of rotatable bonds is 6. The molecule has 0 saturated heterocycles. The number of fused-ring (bicyclic) bond motifs is 3. The van der Waals surface area contributed by atoms with Crippen molar-refractivity contribution in [1.29, 1.82) is 0 Å². The van der Waals surface area contributed by atoms with Crippen LogP contribution < -0.4 is 9.47 Å². The van der Waals surface area contributed by atoms with E-state index >= 15 is 0 Å². The smallest absolute Gasteiger partial charge is 0.192 e. The Kier molecular flexibility index (Phi) is 4.29. The Balaban J connectivity index is 1.47. The van der Waals surface area contributed by atoms with Crippen molar-refractivity contribution >= 4 is 22.9 Å². The summed E-state index contributed by atoms with van der Waals surface area (Å²) in [5, 5.41) is 13.3. The van der Waals surface area contributed by atoms with Gasteiger partial charge in [0.1, 0.15) is 6.33 Å². The predicted molar refractivity (Wildman–Crippen MR) is 97.0 cm³/mol. The Hall–Kier alpha value is -3.69. The third-order valence-electron chi connectivity index (χ3n) is 3.99. The highest BCUT2D eigenvalue weighted by atomic mass is 16.6. The lowest BCUT2D eigenvalue weighted by Gasteiger charge is -2.07. The van der Waals surface area contributed by atoms with Crippen LogP contribution in [0.15, 0.2) is 35.9 Å². The SMILES string of the molecule is COc1ccc(/C=N/OCc2nc3c4cnn(C)c4ncn3n2)cc1OC. The molecule has 0 atom stereocenters. The molecule has 0 aliphatic carbocycles. The van der Waals surface area contributed by atoms with Crippen LogP contribution in [0.1, 0.15) is 11.4 Å². The molecule has 0 amide bonds. The summed E-state index contributed by atoms with van der Waals surface area (Å²) in [6, 6.07) is 5.46. The number of oxime groups is 1. The Morgan fingerprint density at radius 1 is 1.15 bits per heavy atom. The average Bonchev–Trinajstić information content (AvgIpc) is 3.28. The summed E-state index contributed by atoms with van der Waals surface area (Å²) < 4.78 is 13.8. The fourth-order valence-electron chi connectivity index (χ4n) is 2.67. The van der Waals surface area contributed by atoms with Crippen LogP contribution in [0.4, 0.5) is 0 Å². The average molecular weight is 367 g/mol. The molecule has 0 spiro atoms. The van der Waals surface area contributed by atoms with E-state index in [1.54, 1.807) is 54.3 Å². The zero-order valence-corrected chi connectivity index (χ0v) is 15.0. The first-order chi connectivity index (χ1) is 13.2. The summed E-state index contributed by atoms with van der Waals surface area (Å²) in [5.41, 5.74) is 2.24. The van der Waals surface area contributed by atoms with Crippen LogP contribution in [-0.4, -0.2) is 49.8 Å². The lowest BCUT2D eigenvalue weighted by molar-refractivity contribution is 0.126. The molecule has 3 heterocycles. The molecule has 0 N–H and O–H groups in total. The summed E-state index contributed by atoms with van der Waals surface area (Å²) in [5.74, 6) is 1.77. The van der Waals surface area contributed by atoms with Gasteiger partial charge >= 0.3 is 0 Å². The molecule has 138 valence electrons. The van der Waals surface area contributed by atoms with Crippen molar-refractivity contribution in [3.05, 3.63) is 42.1 Å². The number of ether oxygens (including phenoxy) is 2. The van der Waals surface area contributed by atoms with Crippen LogP contribution in [0.2, 0.25) is 0 Å². The molecule has 10 heteroatoms. The molecule has 27 heavy (non-hydrogen) atoms. The predicted octanol–water partition coefficient (Wildman–Crippen LogP) is 1.58. The van der Waals surface area contributed by atoms with Crippen molar-refractivity contribution in [2.75, 3.05) is 14.2 Å². The first kappa shape index (κ1) is 16.8. The molecule has 0 bridgehead atoms. The molecule has 4 rings (SSSR count). The van der Waals surface area contributed by atoms with Gasteiger partial charge in [0.05, 0.1) is 32.0 Å². The Morgan fingerprint density at radius 3 is 2.81 bits per heavy atom. The summed E-state index contributed by atoms with van der Waals surface area (Å²) in [7, 11) is 5.00. The van der Waals surface area contributed by atoms with E-state index in [1.165, 1.54) is 0 Å². The lowest BCUT2D eigenvalue weighted by Crippen LogP contribution is -1.95. The highest BCUT2D eigenvalue weighted by molar-refractivity contribution is 5.88. The minimum atomic E-state index is 0.132. The third kappa shape index (κ3) is 3.12. The minimum Gasteiger partial charge on any atom is -0.493 e. The number of nitrogens with zero attached hydrogens (tertiary/aromatic N) is 7. The normalized spacial score (nSPS) is 11.5. The molecular formula is C17H17N7O3. The van der Waals surface area contributed by atoms with Crippen molar-refractivity contribution in [2.24, 2.45) is 12.2 Å². The minimum absolute atomic E-state index is 0.132. The van der Waals surface area contributed by atoms with E-state index in [0.717, 1.165) is 16.6 Å². The van der Waals surface area contributed by atoms with Crippen LogP contribution in [0, 0.1) is 0 Å². The second-order valence-electron chi connectivity index (χ2n) is 5.67. The number of hydrogen-bond acceptors (Lipinski definition) is 8. The van der Waals surface area contributed by atoms with Gasteiger partial charge in [0.25, 0.3) is 0 Å². The highest BCUT2D eigenvalue weighted by Gasteiger charge is 2.11. The van der Waals surface area contributed by atoms with Gasteiger partial charge in [-0.05, 0) is 18.2 Å². The molecular weight excluding hydrogens is 350 g/mol. The highest BCUT2D eigenvalue weighted by Crippen LogP contribution is 2.26. The summed E-state index contributed by atoms with van der Waals surface area (Å²) in [6.07, 6.45) is 4.90. The van der Waals surface area contributed by atoms with Crippen LogP contribution in [0.3, 0.4) is 0 Å². The first-order valence-electron chi connectivity index (χ1n) is 8.09. The number of hydrogen-bond donors (Lipinski definition) is 0. The van der Waals surface area contributed by atoms with Gasteiger partial charge in [-0.3, -0.25) is 4.68 Å². The van der Waals surface area contributed by atoms with Gasteiger partial charge in [-0.15, -0.1) is 5.10 Å². The second-order valence-corrected chi connectivity index (χ2v) is 5.67. The van der Waals surface area contributed by atoms with Crippen LogP contribution in [0.25, 0.3) is 16.7 Å². The van der Waals surface area contributed by atoms with Crippen molar-refractivity contribution in [3.63, 3.8) is 0 Å². The van der Waals surface area contributed by atoms with Crippen LogP contribution >= 0.6 is 0 Å². The maximum absolute atomic E-state index is 5.32. The number of benzene rings is 1. The Bertz CT molecular complexity index is 1130. The fourth-order valence-corrected chi connectivity index (χ4v) is 2.67. The van der Waals surface area contributed by atoms with Crippen LogP contribution in [-0.2, 0) is 18.5 Å². The number of methoxy groups -OCH3 is 2. The molecule has 0 aliphatic heterocycles. The zero-order chi connectivity index (χ0) is 18.8. The van der Waals surface area contributed by atoms with Crippen molar-refractivity contribution in [3.8, 4) is 11.5 Å². The standard InChI is InChI=1S/C17H17N7O3/c1-23-16-12(8-19-23)17-21-15(22-24(17)10-18-16)9-27-20-7-11-4-5-13(25-2)14(6-11)26-3/h4-8,10H,9H2,1-3H3/b20-7+. The molecule has 4 aromatic rings. The quantitative estimate of drug-likeness (QED) is 0.377. The lowest BCUT2D eigenvalue weighted by atomic mass is 10.2. The fraction of sp³-hybridized carbons (Fsp3) is 0.235. The second kappa shape index (κ2) is 6.90. The van der Waals surface area contributed by atoms with E-state index in [0.29, 0.717) is 23.0 Å². The van der Waals surface area contributed by atoms with E-state index in [9.17, 15) is 0 Å². The van der Waals surface area contributed by atoms with E-state index in [-0.39, 0.29) is 6.61 Å². The molecule has 0 radical (unpaired) electrons. The largest absolute Gasteiger partial charge is 0.493 e. The van der Waals surface area contributed by atoms with Gasteiger partial charge in [0.2, 0.25) is 0 Å². The summed E-state index contributed by atoms with van der Waals surface area (Å²) >= 11 is 0. The van der Waals surface area contributed by atoms with Gasteiger partial charge in [0, 0.05) is 12.6 Å². The first-order valence-corrected chi connectivity index (χ1v) is 8.09. The molecule has 0 unspecified atom stereocenters. The van der Waals surface area contributed by atoms with E-state index in [4.69, 9.17) is 14.3 Å². The Labute approximate surface area is 154 Å². The van der Waals surface area contributed by atoms with E-state index in [2.05, 4.69) is 25.3 Å². The van der Waals surface area contributed by atoms with Gasteiger partial charge in [-0.25, -0.2) is 14.5 Å². The van der Waals surface area contributed by atoms with Gasteiger partial charge < -0.3 is 14.3 Å². The van der Waals surface area contributed by atoms with Gasteiger partial charge in [-0.2, -0.15) is 5.10 Å².